The molecule has 0 spiro atoms. The van der Waals surface area contributed by atoms with Crippen molar-refractivity contribution in [2.45, 2.75) is 38.4 Å². The third kappa shape index (κ3) is 2.52. The number of hydrogen-bond donors (Lipinski definition) is 0. The molecule has 2 saturated heterocycles. The van der Waals surface area contributed by atoms with E-state index in [9.17, 15) is 4.79 Å². The predicted molar refractivity (Wildman–Crippen MR) is 97.2 cm³/mol. The van der Waals surface area contributed by atoms with Gasteiger partial charge < -0.3 is 0 Å². The van der Waals surface area contributed by atoms with Gasteiger partial charge in [-0.15, -0.1) is 0 Å². The first-order valence-electron chi connectivity index (χ1n) is 8.62. The van der Waals surface area contributed by atoms with Crippen molar-refractivity contribution in [2.24, 2.45) is 0 Å². The van der Waals surface area contributed by atoms with Crippen molar-refractivity contribution in [3.63, 3.8) is 0 Å². The normalized spacial score (nSPS) is 23.8. The van der Waals surface area contributed by atoms with Crippen molar-refractivity contribution in [1.29, 1.82) is 0 Å². The highest BCUT2D eigenvalue weighted by Crippen LogP contribution is 2.42. The molecule has 4 heteroatoms. The average molecular weight is 341 g/mol. The zero-order chi connectivity index (χ0) is 16.7. The Bertz CT molecular complexity index is 741. The lowest BCUT2D eigenvalue weighted by Gasteiger charge is -2.30. The van der Waals surface area contributed by atoms with Crippen LogP contribution in [0.5, 0.6) is 0 Å². The monoisotopic (exact) mass is 340 g/mol. The average Bonchev–Trinajstić information content (AvgIpc) is 3.18. The van der Waals surface area contributed by atoms with Gasteiger partial charge in [-0.2, -0.15) is 0 Å². The first-order valence-corrected chi connectivity index (χ1v) is 9.00. The molecule has 2 aliphatic heterocycles. The largest absolute Gasteiger partial charge is 0.291 e. The second-order valence-electron chi connectivity index (χ2n) is 6.55. The van der Waals surface area contributed by atoms with Crippen LogP contribution >= 0.6 is 11.6 Å². The van der Waals surface area contributed by atoms with E-state index in [1.54, 1.807) is 0 Å². The van der Waals surface area contributed by atoms with Crippen LogP contribution in [0.3, 0.4) is 0 Å². The molecule has 0 bridgehead atoms. The van der Waals surface area contributed by atoms with Crippen molar-refractivity contribution in [2.75, 3.05) is 11.4 Å². The molecule has 2 atom stereocenters. The van der Waals surface area contributed by atoms with Crippen molar-refractivity contribution >= 4 is 23.2 Å². The Morgan fingerprint density at radius 3 is 2.46 bits per heavy atom. The van der Waals surface area contributed by atoms with E-state index in [0.29, 0.717) is 5.02 Å². The number of carbonyl (C=O) groups is 1. The standard InChI is InChI=1S/C20H21ClN2O/c1-2-14-5-7-15(8-6-14)19-22-13-3-4-18(22)20(24)23(19)17-11-9-16(21)10-12-17/h5-12,18-19H,2-4,13H2,1H3/t18-,19+/m0/s1. The van der Waals surface area contributed by atoms with E-state index in [0.717, 1.165) is 31.5 Å². The van der Waals surface area contributed by atoms with Crippen LogP contribution in [0.2, 0.25) is 5.02 Å². The van der Waals surface area contributed by atoms with Gasteiger partial charge in [0.1, 0.15) is 6.17 Å². The lowest BCUT2D eigenvalue weighted by molar-refractivity contribution is -0.119. The Labute approximate surface area is 147 Å². The molecule has 1 amide bonds. The Balaban J connectivity index is 1.76. The van der Waals surface area contributed by atoms with Crippen LogP contribution in [0.15, 0.2) is 48.5 Å². The molecule has 24 heavy (non-hydrogen) atoms. The van der Waals surface area contributed by atoms with Gasteiger partial charge in [0.15, 0.2) is 0 Å². The van der Waals surface area contributed by atoms with Gasteiger partial charge in [0.05, 0.1) is 6.04 Å². The molecule has 2 aromatic carbocycles. The molecule has 3 nitrogen and oxygen atoms in total. The summed E-state index contributed by atoms with van der Waals surface area (Å²) in [5, 5.41) is 0.690. The molecule has 0 radical (unpaired) electrons. The van der Waals surface area contributed by atoms with Gasteiger partial charge in [0.2, 0.25) is 5.91 Å². The number of halogens is 1. The summed E-state index contributed by atoms with van der Waals surface area (Å²) in [5.74, 6) is 0.208. The fraction of sp³-hybridized carbons (Fsp3) is 0.350. The van der Waals surface area contributed by atoms with Gasteiger partial charge >= 0.3 is 0 Å². The molecular formula is C20H21ClN2O. The first kappa shape index (κ1) is 15.7. The van der Waals surface area contributed by atoms with Crippen LogP contribution in [0.1, 0.15) is 37.1 Å². The molecule has 124 valence electrons. The highest BCUT2D eigenvalue weighted by Gasteiger charge is 2.49. The minimum absolute atomic E-state index is 0.0107. The number of amides is 1. The molecule has 2 aliphatic rings. The zero-order valence-electron chi connectivity index (χ0n) is 13.8. The first-order chi connectivity index (χ1) is 11.7. The van der Waals surface area contributed by atoms with Gasteiger partial charge in [-0.25, -0.2) is 0 Å². The number of rotatable bonds is 3. The number of anilines is 1. The summed E-state index contributed by atoms with van der Waals surface area (Å²) in [7, 11) is 0. The van der Waals surface area contributed by atoms with Gasteiger partial charge in [-0.1, -0.05) is 42.8 Å². The minimum Gasteiger partial charge on any atom is -0.291 e. The Morgan fingerprint density at radius 2 is 1.79 bits per heavy atom. The fourth-order valence-corrected chi connectivity index (χ4v) is 4.04. The van der Waals surface area contributed by atoms with Gasteiger partial charge in [0, 0.05) is 17.3 Å². The van der Waals surface area contributed by atoms with Gasteiger partial charge in [0.25, 0.3) is 0 Å². The summed E-state index contributed by atoms with van der Waals surface area (Å²) in [6.45, 7) is 3.13. The predicted octanol–water partition coefficient (Wildman–Crippen LogP) is 4.41. The summed E-state index contributed by atoms with van der Waals surface area (Å²) in [4.78, 5) is 17.3. The summed E-state index contributed by atoms with van der Waals surface area (Å²) in [6, 6.07) is 16.3. The summed E-state index contributed by atoms with van der Waals surface area (Å²) in [5.41, 5.74) is 3.42. The van der Waals surface area contributed by atoms with Crippen LogP contribution in [-0.2, 0) is 11.2 Å². The zero-order valence-corrected chi connectivity index (χ0v) is 14.5. The van der Waals surface area contributed by atoms with Crippen molar-refractivity contribution in [1.82, 2.24) is 4.90 Å². The number of nitrogens with zero attached hydrogens (tertiary/aromatic N) is 2. The number of carbonyl (C=O) groups excluding carboxylic acids is 1. The molecule has 2 fully saturated rings. The van der Waals surface area contributed by atoms with Crippen LogP contribution < -0.4 is 4.90 Å². The molecule has 4 rings (SSSR count). The Morgan fingerprint density at radius 1 is 1.08 bits per heavy atom. The number of aryl methyl sites for hydroxylation is 1. The number of benzene rings is 2. The highest BCUT2D eigenvalue weighted by atomic mass is 35.5. The van der Waals surface area contributed by atoms with E-state index in [4.69, 9.17) is 11.6 Å². The maximum absolute atomic E-state index is 13.0. The Kier molecular flexibility index (Phi) is 4.07. The fourth-order valence-electron chi connectivity index (χ4n) is 3.91. The van der Waals surface area contributed by atoms with Crippen molar-refractivity contribution in [3.05, 3.63) is 64.7 Å². The SMILES string of the molecule is CCc1ccc([C@H]2N(c3ccc(Cl)cc3)C(=O)[C@@H]3CCCN32)cc1. The topological polar surface area (TPSA) is 23.6 Å². The lowest BCUT2D eigenvalue weighted by Crippen LogP contribution is -2.32. The maximum Gasteiger partial charge on any atom is 0.246 e. The van der Waals surface area contributed by atoms with Crippen LogP contribution in [0, 0.1) is 0 Å². The molecule has 2 aromatic rings. The van der Waals surface area contributed by atoms with E-state index in [1.165, 1.54) is 11.1 Å². The van der Waals surface area contributed by atoms with Crippen LogP contribution in [0.25, 0.3) is 0 Å². The van der Waals surface area contributed by atoms with Crippen LogP contribution in [0.4, 0.5) is 5.69 Å². The third-order valence-electron chi connectivity index (χ3n) is 5.17. The lowest BCUT2D eigenvalue weighted by atomic mass is 10.1. The smallest absolute Gasteiger partial charge is 0.246 e. The molecule has 0 saturated carbocycles. The molecular weight excluding hydrogens is 320 g/mol. The second kappa shape index (κ2) is 6.23. The quantitative estimate of drug-likeness (QED) is 0.826. The Hall–Kier alpha value is -1.84. The van der Waals surface area contributed by atoms with E-state index in [-0.39, 0.29) is 18.1 Å². The molecule has 0 aromatic heterocycles. The maximum atomic E-state index is 13.0. The number of hydrogen-bond acceptors (Lipinski definition) is 2. The molecule has 0 unspecified atom stereocenters. The minimum atomic E-state index is -0.0166. The van der Waals surface area contributed by atoms with Crippen molar-refractivity contribution < 1.29 is 4.79 Å². The molecule has 0 N–H and O–H groups in total. The van der Waals surface area contributed by atoms with Crippen molar-refractivity contribution in [3.8, 4) is 0 Å². The third-order valence-corrected chi connectivity index (χ3v) is 5.42. The molecule has 0 aliphatic carbocycles. The van der Waals surface area contributed by atoms with Crippen LogP contribution in [-0.4, -0.2) is 23.4 Å². The second-order valence-corrected chi connectivity index (χ2v) is 6.99. The highest BCUT2D eigenvalue weighted by molar-refractivity contribution is 6.30. The number of fused-ring (bicyclic) bond motifs is 1. The van der Waals surface area contributed by atoms with Gasteiger partial charge in [-0.05, 0) is 54.7 Å². The van der Waals surface area contributed by atoms with E-state index < -0.39 is 0 Å². The van der Waals surface area contributed by atoms with E-state index >= 15 is 0 Å². The van der Waals surface area contributed by atoms with Gasteiger partial charge in [-0.3, -0.25) is 14.6 Å². The van der Waals surface area contributed by atoms with E-state index in [1.807, 2.05) is 29.2 Å². The molecule has 2 heterocycles. The summed E-state index contributed by atoms with van der Waals surface area (Å²) in [6.07, 6.45) is 3.05. The summed E-state index contributed by atoms with van der Waals surface area (Å²) >= 11 is 6.02. The van der Waals surface area contributed by atoms with E-state index in [2.05, 4.69) is 36.1 Å². The summed E-state index contributed by atoms with van der Waals surface area (Å²) < 4.78 is 0.